The molecule has 6 heteroatoms. The molecule has 1 aromatic heterocycles. The largest absolute Gasteiger partial charge is 0.378 e. The number of hydrogen-bond acceptors (Lipinski definition) is 4. The molecule has 0 amide bonds. The summed E-state index contributed by atoms with van der Waals surface area (Å²) in [5, 5.41) is 4.37. The first-order chi connectivity index (χ1) is 10.1. The maximum Gasteiger partial charge on any atom is 0.163 e. The molecule has 112 valence electrons. The fourth-order valence-electron chi connectivity index (χ4n) is 1.85. The fourth-order valence-corrected chi connectivity index (χ4v) is 2.35. The highest BCUT2D eigenvalue weighted by atomic mass is 35.5. The molecular formula is C15H17Cl2N3O. The van der Waals surface area contributed by atoms with Crippen molar-refractivity contribution in [1.29, 1.82) is 0 Å². The van der Waals surface area contributed by atoms with E-state index in [0.717, 1.165) is 30.0 Å². The molecule has 0 aliphatic heterocycles. The topological polar surface area (TPSA) is 47.0 Å². The van der Waals surface area contributed by atoms with Crippen molar-refractivity contribution in [2.24, 2.45) is 0 Å². The van der Waals surface area contributed by atoms with Crippen LogP contribution >= 0.6 is 23.2 Å². The van der Waals surface area contributed by atoms with Crippen molar-refractivity contribution in [2.45, 2.75) is 20.0 Å². The van der Waals surface area contributed by atoms with Gasteiger partial charge in [-0.25, -0.2) is 9.97 Å². The van der Waals surface area contributed by atoms with Gasteiger partial charge in [0, 0.05) is 30.3 Å². The van der Waals surface area contributed by atoms with Crippen molar-refractivity contribution in [3.05, 3.63) is 40.0 Å². The Morgan fingerprint density at radius 2 is 2.00 bits per heavy atom. The van der Waals surface area contributed by atoms with Crippen molar-refractivity contribution in [2.75, 3.05) is 19.0 Å². The van der Waals surface area contributed by atoms with Gasteiger partial charge >= 0.3 is 0 Å². The molecule has 0 aliphatic rings. The van der Waals surface area contributed by atoms with Crippen molar-refractivity contribution in [1.82, 2.24) is 9.97 Å². The number of nitrogens with one attached hydrogen (secondary N) is 1. The maximum atomic E-state index is 6.23. The molecule has 2 aromatic rings. The van der Waals surface area contributed by atoms with E-state index in [1.54, 1.807) is 19.2 Å². The molecule has 1 aromatic carbocycles. The normalized spacial score (nSPS) is 10.7. The van der Waals surface area contributed by atoms with Crippen LogP contribution < -0.4 is 5.32 Å². The van der Waals surface area contributed by atoms with Crippen LogP contribution in [-0.4, -0.2) is 23.6 Å². The Kier molecular flexibility index (Phi) is 5.79. The Hall–Kier alpha value is -1.36. The average molecular weight is 326 g/mol. The van der Waals surface area contributed by atoms with Crippen LogP contribution in [0.15, 0.2) is 24.3 Å². The second-order valence-electron chi connectivity index (χ2n) is 4.55. The van der Waals surface area contributed by atoms with Gasteiger partial charge in [0.25, 0.3) is 0 Å². The van der Waals surface area contributed by atoms with Gasteiger partial charge in [0.05, 0.1) is 17.3 Å². The molecule has 0 unspecified atom stereocenters. The summed E-state index contributed by atoms with van der Waals surface area (Å²) in [4.78, 5) is 9.00. The second-order valence-corrected chi connectivity index (χ2v) is 5.40. The summed E-state index contributed by atoms with van der Waals surface area (Å²) in [5.41, 5.74) is 1.55. The number of hydrogen-bond donors (Lipinski definition) is 1. The molecule has 0 spiro atoms. The van der Waals surface area contributed by atoms with Gasteiger partial charge in [-0.15, -0.1) is 0 Å². The highest BCUT2D eigenvalue weighted by Gasteiger charge is 2.10. The minimum absolute atomic E-state index is 0.418. The molecule has 1 N–H and O–H groups in total. The zero-order valence-electron chi connectivity index (χ0n) is 12.0. The molecule has 0 atom stereocenters. The number of anilines is 1. The van der Waals surface area contributed by atoms with Crippen molar-refractivity contribution < 1.29 is 4.74 Å². The van der Waals surface area contributed by atoms with E-state index in [4.69, 9.17) is 27.9 Å². The van der Waals surface area contributed by atoms with Crippen LogP contribution in [0.5, 0.6) is 0 Å². The zero-order valence-corrected chi connectivity index (χ0v) is 13.5. The van der Waals surface area contributed by atoms with Gasteiger partial charge in [-0.05, 0) is 24.6 Å². The van der Waals surface area contributed by atoms with E-state index in [-0.39, 0.29) is 0 Å². The van der Waals surface area contributed by atoms with Crippen LogP contribution in [0.4, 0.5) is 5.82 Å². The predicted molar refractivity (Wildman–Crippen MR) is 87.0 cm³/mol. The molecule has 0 saturated carbocycles. The number of benzene rings is 1. The van der Waals surface area contributed by atoms with Crippen LogP contribution in [0.2, 0.25) is 10.0 Å². The molecule has 0 aliphatic carbocycles. The standard InChI is InChI=1S/C15H17Cl2N3O/c1-3-6-18-14-8-11(9-21-2)19-15(20-14)12-5-4-10(16)7-13(12)17/h4-5,7-8H,3,6,9H2,1-2H3,(H,18,19,20). The lowest BCUT2D eigenvalue weighted by atomic mass is 10.2. The third-order valence-electron chi connectivity index (χ3n) is 2.80. The second kappa shape index (κ2) is 7.59. The lowest BCUT2D eigenvalue weighted by molar-refractivity contribution is 0.181. The van der Waals surface area contributed by atoms with E-state index in [2.05, 4.69) is 22.2 Å². The first kappa shape index (κ1) is 16.0. The fraction of sp³-hybridized carbons (Fsp3) is 0.333. The smallest absolute Gasteiger partial charge is 0.163 e. The molecule has 0 fully saturated rings. The lowest BCUT2D eigenvalue weighted by Gasteiger charge is -2.10. The Bertz CT molecular complexity index is 620. The van der Waals surface area contributed by atoms with Gasteiger partial charge in [-0.3, -0.25) is 0 Å². The molecule has 21 heavy (non-hydrogen) atoms. The zero-order chi connectivity index (χ0) is 15.2. The average Bonchev–Trinajstić information content (AvgIpc) is 2.45. The van der Waals surface area contributed by atoms with Crippen LogP contribution in [0.25, 0.3) is 11.4 Å². The summed E-state index contributed by atoms with van der Waals surface area (Å²) in [5.74, 6) is 1.32. The number of aromatic nitrogens is 2. The first-order valence-corrected chi connectivity index (χ1v) is 7.45. The summed E-state index contributed by atoms with van der Waals surface area (Å²) >= 11 is 12.2. The van der Waals surface area contributed by atoms with Gasteiger partial charge in [-0.2, -0.15) is 0 Å². The molecule has 0 bridgehead atoms. The van der Waals surface area contributed by atoms with Gasteiger partial charge in [0.2, 0.25) is 0 Å². The van der Waals surface area contributed by atoms with E-state index in [1.807, 2.05) is 12.1 Å². The number of halogens is 2. The van der Waals surface area contributed by atoms with Crippen LogP contribution in [0.3, 0.4) is 0 Å². The molecule has 1 heterocycles. The molecule has 0 saturated heterocycles. The minimum Gasteiger partial charge on any atom is -0.378 e. The minimum atomic E-state index is 0.418. The van der Waals surface area contributed by atoms with Gasteiger partial charge in [-0.1, -0.05) is 30.1 Å². The quantitative estimate of drug-likeness (QED) is 0.854. The van der Waals surface area contributed by atoms with E-state index < -0.39 is 0 Å². The van der Waals surface area contributed by atoms with Gasteiger partial charge in [0.15, 0.2) is 5.82 Å². The van der Waals surface area contributed by atoms with Crippen molar-refractivity contribution >= 4 is 29.0 Å². The SMILES string of the molecule is CCCNc1cc(COC)nc(-c2ccc(Cl)cc2Cl)n1. The van der Waals surface area contributed by atoms with Crippen LogP contribution in [0, 0.1) is 0 Å². The number of rotatable bonds is 6. The monoisotopic (exact) mass is 325 g/mol. The number of nitrogens with zero attached hydrogens (tertiary/aromatic N) is 2. The highest BCUT2D eigenvalue weighted by Crippen LogP contribution is 2.29. The van der Waals surface area contributed by atoms with Gasteiger partial charge < -0.3 is 10.1 Å². The predicted octanol–water partition coefficient (Wildman–Crippen LogP) is 4.42. The Morgan fingerprint density at radius 3 is 2.67 bits per heavy atom. The van der Waals surface area contributed by atoms with Crippen LogP contribution in [-0.2, 0) is 11.3 Å². The number of ether oxygens (including phenoxy) is 1. The van der Waals surface area contributed by atoms with E-state index in [9.17, 15) is 0 Å². The molecule has 0 radical (unpaired) electrons. The van der Waals surface area contributed by atoms with Crippen LogP contribution in [0.1, 0.15) is 19.0 Å². The molecular weight excluding hydrogens is 309 g/mol. The summed E-state index contributed by atoms with van der Waals surface area (Å²) < 4.78 is 5.16. The maximum absolute atomic E-state index is 6.23. The molecule has 4 nitrogen and oxygen atoms in total. The van der Waals surface area contributed by atoms with E-state index in [1.165, 1.54) is 0 Å². The Labute approximate surface area is 134 Å². The number of methoxy groups -OCH3 is 1. The summed E-state index contributed by atoms with van der Waals surface area (Å²) in [7, 11) is 1.64. The van der Waals surface area contributed by atoms with Crippen molar-refractivity contribution in [3.8, 4) is 11.4 Å². The van der Waals surface area contributed by atoms with Crippen molar-refractivity contribution in [3.63, 3.8) is 0 Å². The Morgan fingerprint density at radius 1 is 1.19 bits per heavy atom. The summed E-state index contributed by atoms with van der Waals surface area (Å²) in [6, 6.07) is 7.16. The Balaban J connectivity index is 2.43. The first-order valence-electron chi connectivity index (χ1n) is 6.70. The summed E-state index contributed by atoms with van der Waals surface area (Å²) in [6.07, 6.45) is 1.01. The van der Waals surface area contributed by atoms with Gasteiger partial charge in [0.1, 0.15) is 5.82 Å². The third kappa shape index (κ3) is 4.30. The third-order valence-corrected chi connectivity index (χ3v) is 3.35. The van der Waals surface area contributed by atoms with E-state index >= 15 is 0 Å². The lowest BCUT2D eigenvalue weighted by Crippen LogP contribution is -2.06. The highest BCUT2D eigenvalue weighted by molar-refractivity contribution is 6.36. The molecule has 2 rings (SSSR count). The summed E-state index contributed by atoms with van der Waals surface area (Å²) in [6.45, 7) is 3.36. The van der Waals surface area contributed by atoms with E-state index in [0.29, 0.717) is 22.5 Å².